The quantitative estimate of drug-likeness (QED) is 0.679. The van der Waals surface area contributed by atoms with Gasteiger partial charge in [0.05, 0.1) is 11.5 Å². The van der Waals surface area contributed by atoms with Crippen LogP contribution < -0.4 is 0 Å². The lowest BCUT2D eigenvalue weighted by Crippen LogP contribution is -2.44. The van der Waals surface area contributed by atoms with E-state index in [1.54, 1.807) is 7.11 Å². The van der Waals surface area contributed by atoms with Crippen LogP contribution in [-0.4, -0.2) is 24.8 Å². The van der Waals surface area contributed by atoms with Crippen molar-refractivity contribution in [3.8, 4) is 0 Å². The molecule has 2 aliphatic rings. The molecule has 4 unspecified atom stereocenters. The Morgan fingerprint density at radius 2 is 1.71 bits per heavy atom. The highest BCUT2D eigenvalue weighted by atomic mass is 35.5. The smallest absolute Gasteiger partial charge is 0.143 e. The number of methoxy groups -OCH3 is 1. The van der Waals surface area contributed by atoms with Crippen molar-refractivity contribution in [2.45, 2.75) is 63.1 Å². The highest BCUT2D eigenvalue weighted by molar-refractivity contribution is 6.21. The van der Waals surface area contributed by atoms with Crippen LogP contribution in [0.15, 0.2) is 0 Å². The summed E-state index contributed by atoms with van der Waals surface area (Å²) in [5.74, 6) is 1.85. The molecule has 0 radical (unpaired) electrons. The van der Waals surface area contributed by atoms with Crippen LogP contribution in [0.2, 0.25) is 0 Å². The van der Waals surface area contributed by atoms with Gasteiger partial charge < -0.3 is 4.74 Å². The molecule has 1 nitrogen and oxygen atoms in total. The number of alkyl halides is 2. The second kappa shape index (κ2) is 5.88. The van der Waals surface area contributed by atoms with Gasteiger partial charge in [0, 0.05) is 7.11 Å². The summed E-state index contributed by atoms with van der Waals surface area (Å²) in [4.78, 5) is 0. The zero-order valence-electron chi connectivity index (χ0n) is 10.9. The van der Waals surface area contributed by atoms with Gasteiger partial charge in [-0.05, 0) is 43.4 Å². The Balaban J connectivity index is 1.93. The molecular weight excluding hydrogens is 239 g/mol. The van der Waals surface area contributed by atoms with Crippen LogP contribution in [0, 0.1) is 17.8 Å². The number of hydrogen-bond acceptors (Lipinski definition) is 1. The van der Waals surface area contributed by atoms with Gasteiger partial charge in [-0.25, -0.2) is 4.39 Å². The molecule has 2 saturated carbocycles. The van der Waals surface area contributed by atoms with Gasteiger partial charge in [-0.15, -0.1) is 11.6 Å². The fourth-order valence-electron chi connectivity index (χ4n) is 3.57. The van der Waals surface area contributed by atoms with E-state index in [0.29, 0.717) is 11.8 Å². The fourth-order valence-corrected chi connectivity index (χ4v) is 4.07. The lowest BCUT2D eigenvalue weighted by Gasteiger charge is -2.41. The van der Waals surface area contributed by atoms with E-state index < -0.39 is 6.17 Å². The topological polar surface area (TPSA) is 9.23 Å². The molecule has 0 saturated heterocycles. The Kier molecular flexibility index (Phi) is 4.71. The Bertz CT molecular complexity index is 238. The highest BCUT2D eigenvalue weighted by Gasteiger charge is 2.42. The normalized spacial score (nSPS) is 48.0. The predicted octanol–water partition coefficient (Wildman–Crippen LogP) is 4.18. The van der Waals surface area contributed by atoms with Gasteiger partial charge >= 0.3 is 0 Å². The lowest BCUT2D eigenvalue weighted by molar-refractivity contribution is -0.0190. The van der Waals surface area contributed by atoms with Crippen LogP contribution in [-0.2, 0) is 4.74 Å². The van der Waals surface area contributed by atoms with Gasteiger partial charge in [0.1, 0.15) is 6.17 Å². The molecule has 0 aromatic rings. The fraction of sp³-hybridized carbons (Fsp3) is 1.00. The van der Waals surface area contributed by atoms with Crippen molar-refractivity contribution in [1.29, 1.82) is 0 Å². The molecule has 2 aliphatic carbocycles. The SMILES string of the molecule is COC1CCC(C2CCC(C)CC2)C(Cl)C1F. The molecule has 17 heavy (non-hydrogen) atoms. The predicted molar refractivity (Wildman–Crippen MR) is 69.2 cm³/mol. The Labute approximate surface area is 109 Å². The third-order valence-corrected chi connectivity index (χ3v) is 5.39. The molecule has 0 amide bonds. The van der Waals surface area contributed by atoms with Crippen LogP contribution in [0.4, 0.5) is 4.39 Å². The van der Waals surface area contributed by atoms with Crippen molar-refractivity contribution in [1.82, 2.24) is 0 Å². The molecule has 0 spiro atoms. The first-order valence-corrected chi connectivity index (χ1v) is 7.38. The molecule has 0 aromatic carbocycles. The van der Waals surface area contributed by atoms with Gasteiger partial charge in [-0.3, -0.25) is 0 Å². The summed E-state index contributed by atoms with van der Waals surface area (Å²) in [6.07, 6.45) is 5.64. The minimum absolute atomic E-state index is 0.281. The maximum Gasteiger partial charge on any atom is 0.143 e. The molecule has 0 aromatic heterocycles. The molecular formula is C14H24ClFO. The van der Waals surface area contributed by atoms with E-state index in [-0.39, 0.29) is 11.5 Å². The van der Waals surface area contributed by atoms with E-state index in [2.05, 4.69) is 6.92 Å². The molecule has 4 atom stereocenters. The minimum atomic E-state index is -0.986. The molecule has 2 rings (SSSR count). The summed E-state index contributed by atoms with van der Waals surface area (Å²) in [5.41, 5.74) is 0. The first-order valence-electron chi connectivity index (χ1n) is 6.94. The first-order chi connectivity index (χ1) is 8.13. The number of ether oxygens (including phenoxy) is 1. The summed E-state index contributed by atoms with van der Waals surface area (Å²) in [7, 11) is 1.59. The van der Waals surface area contributed by atoms with Crippen molar-refractivity contribution in [2.75, 3.05) is 7.11 Å². The standard InChI is InChI=1S/C14H24ClFO/c1-9-3-5-10(6-4-9)11-7-8-12(17-2)14(16)13(11)15/h9-14H,3-8H2,1-2H3. The third kappa shape index (κ3) is 2.96. The largest absolute Gasteiger partial charge is 0.378 e. The summed E-state index contributed by atoms with van der Waals surface area (Å²) < 4.78 is 19.2. The summed E-state index contributed by atoms with van der Waals surface area (Å²) in [6.45, 7) is 2.31. The van der Waals surface area contributed by atoms with Crippen molar-refractivity contribution < 1.29 is 9.13 Å². The summed E-state index contributed by atoms with van der Waals surface area (Å²) in [5, 5.41) is -0.341. The van der Waals surface area contributed by atoms with Crippen LogP contribution in [0.5, 0.6) is 0 Å². The van der Waals surface area contributed by atoms with E-state index in [9.17, 15) is 4.39 Å². The second-order valence-corrected chi connectivity index (χ2v) is 6.43. The molecule has 0 N–H and O–H groups in total. The van der Waals surface area contributed by atoms with Gasteiger partial charge in [0.15, 0.2) is 0 Å². The summed E-state index contributed by atoms with van der Waals surface area (Å²) >= 11 is 6.32. The van der Waals surface area contributed by atoms with E-state index in [0.717, 1.165) is 18.8 Å². The zero-order valence-corrected chi connectivity index (χ0v) is 11.6. The van der Waals surface area contributed by atoms with Crippen LogP contribution in [0.3, 0.4) is 0 Å². The van der Waals surface area contributed by atoms with Gasteiger partial charge in [0.2, 0.25) is 0 Å². The van der Waals surface area contributed by atoms with E-state index >= 15 is 0 Å². The molecule has 0 aliphatic heterocycles. The number of hydrogen-bond donors (Lipinski definition) is 0. The molecule has 0 heterocycles. The maximum absolute atomic E-state index is 14.1. The minimum Gasteiger partial charge on any atom is -0.378 e. The van der Waals surface area contributed by atoms with Crippen molar-refractivity contribution in [2.24, 2.45) is 17.8 Å². The third-order valence-electron chi connectivity index (χ3n) is 4.82. The second-order valence-electron chi connectivity index (χ2n) is 5.92. The zero-order chi connectivity index (χ0) is 12.4. The van der Waals surface area contributed by atoms with Crippen LogP contribution in [0.25, 0.3) is 0 Å². The van der Waals surface area contributed by atoms with E-state index in [4.69, 9.17) is 16.3 Å². The van der Waals surface area contributed by atoms with Crippen molar-refractivity contribution in [3.05, 3.63) is 0 Å². The molecule has 3 heteroatoms. The number of halogens is 2. The monoisotopic (exact) mass is 262 g/mol. The van der Waals surface area contributed by atoms with Crippen molar-refractivity contribution in [3.63, 3.8) is 0 Å². The van der Waals surface area contributed by atoms with Crippen LogP contribution in [0.1, 0.15) is 45.4 Å². The van der Waals surface area contributed by atoms with E-state index in [1.165, 1.54) is 25.7 Å². The maximum atomic E-state index is 14.1. The highest BCUT2D eigenvalue weighted by Crippen LogP contribution is 2.43. The summed E-state index contributed by atoms with van der Waals surface area (Å²) in [6, 6.07) is 0. The van der Waals surface area contributed by atoms with Crippen LogP contribution >= 0.6 is 11.6 Å². The Hall–Kier alpha value is 0.180. The lowest BCUT2D eigenvalue weighted by atomic mass is 9.70. The Morgan fingerprint density at radius 1 is 1.06 bits per heavy atom. The number of rotatable bonds is 2. The van der Waals surface area contributed by atoms with Crippen molar-refractivity contribution >= 4 is 11.6 Å². The van der Waals surface area contributed by atoms with Gasteiger partial charge in [-0.1, -0.05) is 19.8 Å². The average Bonchev–Trinajstić information content (AvgIpc) is 2.34. The van der Waals surface area contributed by atoms with Gasteiger partial charge in [0.25, 0.3) is 0 Å². The molecule has 0 bridgehead atoms. The van der Waals surface area contributed by atoms with Gasteiger partial charge in [-0.2, -0.15) is 0 Å². The first kappa shape index (κ1) is 13.6. The van der Waals surface area contributed by atoms with E-state index in [1.807, 2.05) is 0 Å². The molecule has 2 fully saturated rings. The Morgan fingerprint density at radius 3 is 2.29 bits per heavy atom. The molecule has 100 valence electrons. The average molecular weight is 263 g/mol.